The largest absolute Gasteiger partial charge is 0.378 e. The summed E-state index contributed by atoms with van der Waals surface area (Å²) in [6.45, 7) is 1.23. The van der Waals surface area contributed by atoms with Gasteiger partial charge in [-0.15, -0.1) is 0 Å². The van der Waals surface area contributed by atoms with Crippen LogP contribution in [-0.4, -0.2) is 67.4 Å². The van der Waals surface area contributed by atoms with Crippen molar-refractivity contribution in [3.63, 3.8) is 0 Å². The van der Waals surface area contributed by atoms with Gasteiger partial charge in [0.2, 0.25) is 0 Å². The predicted molar refractivity (Wildman–Crippen MR) is 116 cm³/mol. The highest BCUT2D eigenvalue weighted by Crippen LogP contribution is 2.27. The van der Waals surface area contributed by atoms with Crippen molar-refractivity contribution < 1.29 is 14.4 Å². The first kappa shape index (κ1) is 19.9. The van der Waals surface area contributed by atoms with Crippen LogP contribution in [0, 0.1) is 0 Å². The number of carbonyl (C=O) groups is 3. The highest BCUT2D eigenvalue weighted by Gasteiger charge is 2.41. The number of benzene rings is 2. The van der Waals surface area contributed by atoms with E-state index in [-0.39, 0.29) is 30.4 Å². The molecule has 2 aromatic carbocycles. The van der Waals surface area contributed by atoms with Crippen LogP contribution in [0.5, 0.6) is 0 Å². The second kappa shape index (κ2) is 8.18. The van der Waals surface area contributed by atoms with Gasteiger partial charge in [-0.2, -0.15) is 0 Å². The molecule has 4 rings (SSSR count). The van der Waals surface area contributed by atoms with Gasteiger partial charge in [-0.1, -0.05) is 24.3 Å². The van der Waals surface area contributed by atoms with Crippen LogP contribution in [0.2, 0.25) is 0 Å². The van der Waals surface area contributed by atoms with Crippen molar-refractivity contribution in [3.05, 3.63) is 60.2 Å². The molecule has 2 heterocycles. The number of rotatable bonds is 4. The van der Waals surface area contributed by atoms with E-state index in [1.807, 2.05) is 66.4 Å². The Kier molecular flexibility index (Phi) is 5.44. The minimum absolute atomic E-state index is 0.00638. The van der Waals surface area contributed by atoms with E-state index in [1.165, 1.54) is 4.90 Å². The van der Waals surface area contributed by atoms with Crippen molar-refractivity contribution >= 4 is 29.2 Å². The third-order valence-electron chi connectivity index (χ3n) is 5.81. The molecule has 0 unspecified atom stereocenters. The van der Waals surface area contributed by atoms with Crippen LogP contribution in [0.4, 0.5) is 16.2 Å². The second-order valence-corrected chi connectivity index (χ2v) is 7.94. The Morgan fingerprint density at radius 3 is 2.33 bits per heavy atom. The van der Waals surface area contributed by atoms with Crippen molar-refractivity contribution in [2.24, 2.45) is 0 Å². The van der Waals surface area contributed by atoms with E-state index in [9.17, 15) is 14.4 Å². The molecule has 2 aliphatic heterocycles. The van der Waals surface area contributed by atoms with Crippen LogP contribution < -0.4 is 9.80 Å². The number of likely N-dealkylation sites (tertiary alicyclic amines) is 1. The molecule has 30 heavy (non-hydrogen) atoms. The summed E-state index contributed by atoms with van der Waals surface area (Å²) < 4.78 is 0. The van der Waals surface area contributed by atoms with Crippen molar-refractivity contribution in [2.75, 3.05) is 43.5 Å². The van der Waals surface area contributed by atoms with Gasteiger partial charge in [0.25, 0.3) is 11.8 Å². The summed E-state index contributed by atoms with van der Waals surface area (Å²) in [4.78, 5) is 45.0. The van der Waals surface area contributed by atoms with Gasteiger partial charge in [0.1, 0.15) is 6.54 Å². The van der Waals surface area contributed by atoms with Gasteiger partial charge < -0.3 is 14.7 Å². The smallest absolute Gasteiger partial charge is 0.332 e. The SMILES string of the molecule is CN(C)c1cccc(C(=O)N2CCC(N3CC(=O)N(c4ccccc4)C3=O)CC2)c1. The zero-order chi connectivity index (χ0) is 21.3. The van der Waals surface area contributed by atoms with E-state index in [4.69, 9.17) is 0 Å². The molecule has 2 aromatic rings. The lowest BCUT2D eigenvalue weighted by Crippen LogP contribution is -2.48. The number of amides is 4. The third-order valence-corrected chi connectivity index (χ3v) is 5.81. The fraction of sp³-hybridized carbons (Fsp3) is 0.348. The summed E-state index contributed by atoms with van der Waals surface area (Å²) in [5.74, 6) is -0.197. The van der Waals surface area contributed by atoms with Gasteiger partial charge in [0, 0.05) is 44.5 Å². The quantitative estimate of drug-likeness (QED) is 0.733. The Bertz CT molecular complexity index is 952. The molecule has 2 fully saturated rings. The summed E-state index contributed by atoms with van der Waals surface area (Å²) in [5, 5.41) is 0. The van der Waals surface area contributed by atoms with E-state index in [1.54, 1.807) is 17.0 Å². The Labute approximate surface area is 176 Å². The van der Waals surface area contributed by atoms with E-state index >= 15 is 0 Å². The monoisotopic (exact) mass is 406 g/mol. The summed E-state index contributed by atoms with van der Waals surface area (Å²) in [7, 11) is 3.89. The number of piperidine rings is 1. The van der Waals surface area contributed by atoms with Gasteiger partial charge in [-0.25, -0.2) is 9.69 Å². The first-order chi connectivity index (χ1) is 14.5. The molecule has 7 nitrogen and oxygen atoms in total. The van der Waals surface area contributed by atoms with Gasteiger partial charge >= 0.3 is 6.03 Å². The minimum Gasteiger partial charge on any atom is -0.378 e. The van der Waals surface area contributed by atoms with Gasteiger partial charge in [-0.05, 0) is 43.2 Å². The molecular weight excluding hydrogens is 380 g/mol. The second-order valence-electron chi connectivity index (χ2n) is 7.94. The average Bonchev–Trinajstić information content (AvgIpc) is 3.08. The van der Waals surface area contributed by atoms with Crippen LogP contribution in [0.15, 0.2) is 54.6 Å². The first-order valence-electron chi connectivity index (χ1n) is 10.2. The summed E-state index contributed by atoms with van der Waals surface area (Å²) in [6.07, 6.45) is 1.33. The van der Waals surface area contributed by atoms with E-state index < -0.39 is 0 Å². The van der Waals surface area contributed by atoms with Crippen molar-refractivity contribution in [1.29, 1.82) is 0 Å². The molecule has 0 radical (unpaired) electrons. The fourth-order valence-corrected chi connectivity index (χ4v) is 4.12. The van der Waals surface area contributed by atoms with Gasteiger partial charge in [-0.3, -0.25) is 9.59 Å². The third kappa shape index (κ3) is 3.75. The number of imide groups is 1. The zero-order valence-corrected chi connectivity index (χ0v) is 17.3. The normalized spacial score (nSPS) is 17.6. The molecule has 0 atom stereocenters. The highest BCUT2D eigenvalue weighted by molar-refractivity contribution is 6.19. The minimum atomic E-state index is -0.269. The standard InChI is InChI=1S/C23H26N4O3/c1-24(2)20-10-6-7-17(15-20)22(29)25-13-11-18(12-14-25)26-16-21(28)27(23(26)30)19-8-4-3-5-9-19/h3-10,15,18H,11-14,16H2,1-2H3. The fourth-order valence-electron chi connectivity index (χ4n) is 4.12. The van der Waals surface area contributed by atoms with Gasteiger partial charge in [0.05, 0.1) is 5.69 Å². The van der Waals surface area contributed by atoms with Crippen LogP contribution in [-0.2, 0) is 4.79 Å². The number of hydrogen-bond acceptors (Lipinski definition) is 4. The van der Waals surface area contributed by atoms with Crippen LogP contribution >= 0.6 is 0 Å². The number of para-hydroxylation sites is 1. The number of nitrogens with zero attached hydrogens (tertiary/aromatic N) is 4. The van der Waals surface area contributed by atoms with E-state index in [0.29, 0.717) is 37.2 Å². The van der Waals surface area contributed by atoms with Crippen LogP contribution in [0.3, 0.4) is 0 Å². The van der Waals surface area contributed by atoms with E-state index in [2.05, 4.69) is 0 Å². The number of anilines is 2. The molecule has 2 aliphatic rings. The van der Waals surface area contributed by atoms with E-state index in [0.717, 1.165) is 5.69 Å². The molecule has 156 valence electrons. The lowest BCUT2D eigenvalue weighted by atomic mass is 10.0. The van der Waals surface area contributed by atoms with Gasteiger partial charge in [0.15, 0.2) is 0 Å². The summed E-state index contributed by atoms with van der Waals surface area (Å²) in [6, 6.07) is 16.3. The maximum absolute atomic E-state index is 12.9. The topological polar surface area (TPSA) is 64.2 Å². The molecule has 0 bridgehead atoms. The van der Waals surface area contributed by atoms with Crippen molar-refractivity contribution in [3.8, 4) is 0 Å². The molecule has 0 aliphatic carbocycles. The zero-order valence-electron chi connectivity index (χ0n) is 17.3. The molecule has 7 heteroatoms. The first-order valence-corrected chi connectivity index (χ1v) is 10.2. The Morgan fingerprint density at radius 2 is 1.67 bits per heavy atom. The Balaban J connectivity index is 1.40. The number of carbonyl (C=O) groups excluding carboxylic acids is 3. The maximum atomic E-state index is 12.9. The number of hydrogen-bond donors (Lipinski definition) is 0. The lowest BCUT2D eigenvalue weighted by molar-refractivity contribution is -0.116. The molecule has 0 N–H and O–H groups in total. The molecular formula is C23H26N4O3. The molecule has 4 amide bonds. The van der Waals surface area contributed by atoms with Crippen LogP contribution in [0.1, 0.15) is 23.2 Å². The summed E-state index contributed by atoms with van der Waals surface area (Å²) in [5.41, 5.74) is 2.25. The average molecular weight is 406 g/mol. The van der Waals surface area contributed by atoms with Crippen molar-refractivity contribution in [1.82, 2.24) is 9.80 Å². The number of urea groups is 1. The summed E-state index contributed by atoms with van der Waals surface area (Å²) >= 11 is 0. The lowest BCUT2D eigenvalue weighted by Gasteiger charge is -2.36. The van der Waals surface area contributed by atoms with Crippen LogP contribution in [0.25, 0.3) is 0 Å². The van der Waals surface area contributed by atoms with Crippen molar-refractivity contribution in [2.45, 2.75) is 18.9 Å². The molecule has 0 spiro atoms. The Morgan fingerprint density at radius 1 is 0.967 bits per heavy atom. The Hall–Kier alpha value is -3.35. The predicted octanol–water partition coefficient (Wildman–Crippen LogP) is 2.83. The molecule has 0 saturated carbocycles. The highest BCUT2D eigenvalue weighted by atomic mass is 16.2. The maximum Gasteiger partial charge on any atom is 0.332 e. The molecule has 2 saturated heterocycles. The molecule has 0 aromatic heterocycles.